The molecule has 6 aromatic rings. The van der Waals surface area contributed by atoms with Gasteiger partial charge in [0, 0.05) is 51.9 Å². The number of oxazole rings is 1. The predicted octanol–water partition coefficient (Wildman–Crippen LogP) is 8.48. The largest absolute Gasteiger partial charge is 0.507 e. The lowest BCUT2D eigenvalue weighted by Crippen LogP contribution is -2.30. The Morgan fingerprint density at radius 3 is 2.53 bits per heavy atom. The van der Waals surface area contributed by atoms with Gasteiger partial charge in [0.1, 0.15) is 16.9 Å². The van der Waals surface area contributed by atoms with Gasteiger partial charge >= 0.3 is 12.0 Å². The van der Waals surface area contributed by atoms with Crippen LogP contribution < -0.4 is 15.5 Å². The minimum absolute atomic E-state index is 0.0712. The third-order valence-electron chi connectivity index (χ3n) is 7.79. The number of aromatic hydroxyl groups is 1. The summed E-state index contributed by atoms with van der Waals surface area (Å²) in [5.74, 6) is -0.656. The molecule has 0 aliphatic carbocycles. The molecule has 238 valence electrons. The minimum atomic E-state index is -0.623. The minimum Gasteiger partial charge on any atom is -0.507 e. The van der Waals surface area contributed by atoms with Crippen LogP contribution in [0.3, 0.4) is 0 Å². The van der Waals surface area contributed by atoms with Crippen molar-refractivity contribution in [2.45, 2.75) is 32.3 Å². The Hall–Kier alpha value is -5.13. The number of anilines is 3. The number of ether oxygens (including phenoxy) is 1. The number of phenols is 1. The van der Waals surface area contributed by atoms with Crippen LogP contribution in [0.2, 0.25) is 0 Å². The molecular weight excluding hydrogens is 640 g/mol. The van der Waals surface area contributed by atoms with Crippen LogP contribution in [0.15, 0.2) is 77.2 Å². The molecule has 0 saturated carbocycles. The number of rotatable bonds is 5. The Labute approximate surface area is 277 Å². The van der Waals surface area contributed by atoms with Crippen LogP contribution in [0.1, 0.15) is 52.6 Å². The first kappa shape index (κ1) is 30.5. The average molecular weight is 669 g/mol. The standard InChI is InChI=1S/C35H29ClN4O6S/c1-35(2,3)46-34(44)38-20-9-11-28-18(12-20)13-29(47-28)31(42)37-21-8-10-24-27(14-21)45-32(39-24)33(43)40-17-19(16-36)30-23-7-5-4-6-22(23)26(41)15-25(30)40/h4-15,19,41H,16-17H2,1-3H3,(H,37,42)(H,38,44)/t19-/m1/s1. The van der Waals surface area contributed by atoms with Crippen molar-refractivity contribution in [3.8, 4) is 5.75 Å². The second-order valence-corrected chi connectivity index (χ2v) is 13.7. The first-order valence-corrected chi connectivity index (χ1v) is 16.2. The lowest BCUT2D eigenvalue weighted by Gasteiger charge is -2.19. The number of fused-ring (bicyclic) bond motifs is 5. The molecule has 0 saturated heterocycles. The van der Waals surface area contributed by atoms with Crippen molar-refractivity contribution in [3.05, 3.63) is 89.1 Å². The quantitative estimate of drug-likeness (QED) is 0.157. The van der Waals surface area contributed by atoms with Crippen LogP contribution in [-0.4, -0.2) is 46.0 Å². The van der Waals surface area contributed by atoms with Gasteiger partial charge in [0.15, 0.2) is 5.58 Å². The van der Waals surface area contributed by atoms with Gasteiger partial charge in [-0.1, -0.05) is 24.3 Å². The first-order valence-electron chi connectivity index (χ1n) is 14.9. The molecular formula is C35H29ClN4O6S. The van der Waals surface area contributed by atoms with Crippen LogP contribution in [0.5, 0.6) is 5.75 Å². The summed E-state index contributed by atoms with van der Waals surface area (Å²) in [7, 11) is 0. The average Bonchev–Trinajstić information content (AvgIpc) is 3.74. The number of hydrogen-bond donors (Lipinski definition) is 3. The van der Waals surface area contributed by atoms with Crippen molar-refractivity contribution in [1.82, 2.24) is 4.98 Å². The summed E-state index contributed by atoms with van der Waals surface area (Å²) >= 11 is 7.65. The van der Waals surface area contributed by atoms with Crippen LogP contribution >= 0.6 is 22.9 Å². The Morgan fingerprint density at radius 2 is 1.77 bits per heavy atom. The van der Waals surface area contributed by atoms with Gasteiger partial charge in [-0.15, -0.1) is 22.9 Å². The molecule has 0 radical (unpaired) electrons. The fourth-order valence-electron chi connectivity index (χ4n) is 5.80. The van der Waals surface area contributed by atoms with E-state index >= 15 is 0 Å². The summed E-state index contributed by atoms with van der Waals surface area (Å²) in [6, 6.07) is 21.2. The molecule has 3 N–H and O–H groups in total. The highest BCUT2D eigenvalue weighted by atomic mass is 35.5. The third-order valence-corrected chi connectivity index (χ3v) is 9.28. The van der Waals surface area contributed by atoms with E-state index in [0.717, 1.165) is 21.0 Å². The smallest absolute Gasteiger partial charge is 0.412 e. The Bertz CT molecular complexity index is 2240. The van der Waals surface area contributed by atoms with E-state index in [-0.39, 0.29) is 23.5 Å². The second kappa shape index (κ2) is 11.6. The summed E-state index contributed by atoms with van der Waals surface area (Å²) < 4.78 is 12.1. The SMILES string of the molecule is CC(C)(C)OC(=O)Nc1ccc2sc(C(=O)Nc3ccc4nc(C(=O)N5C[C@@H](CCl)c6c5cc(O)c5ccccc65)oc4c3)cc2c1. The zero-order valence-corrected chi connectivity index (χ0v) is 27.2. The van der Waals surface area contributed by atoms with Gasteiger partial charge in [-0.05, 0) is 73.5 Å². The zero-order chi connectivity index (χ0) is 33.0. The highest BCUT2D eigenvalue weighted by molar-refractivity contribution is 7.20. The molecule has 4 aromatic carbocycles. The number of thiophene rings is 1. The molecule has 0 unspecified atom stereocenters. The highest BCUT2D eigenvalue weighted by Gasteiger charge is 2.36. The van der Waals surface area contributed by atoms with Crippen LogP contribution in [-0.2, 0) is 4.74 Å². The molecule has 0 spiro atoms. The van der Waals surface area contributed by atoms with Crippen molar-refractivity contribution in [1.29, 1.82) is 0 Å². The second-order valence-electron chi connectivity index (χ2n) is 12.3. The summed E-state index contributed by atoms with van der Waals surface area (Å²) in [6.45, 7) is 5.69. The van der Waals surface area contributed by atoms with Gasteiger partial charge in [-0.2, -0.15) is 0 Å². The van der Waals surface area contributed by atoms with Gasteiger partial charge in [-0.25, -0.2) is 9.78 Å². The Balaban J connectivity index is 1.10. The van der Waals surface area contributed by atoms with E-state index in [1.165, 1.54) is 16.2 Å². The number of aromatic nitrogens is 1. The number of nitrogens with zero attached hydrogens (tertiary/aromatic N) is 2. The molecule has 1 atom stereocenters. The van der Waals surface area contributed by atoms with E-state index in [4.69, 9.17) is 20.8 Å². The monoisotopic (exact) mass is 668 g/mol. The molecule has 10 nitrogen and oxygen atoms in total. The van der Waals surface area contributed by atoms with E-state index in [1.807, 2.05) is 30.3 Å². The molecule has 3 amide bonds. The maximum absolute atomic E-state index is 13.7. The van der Waals surface area contributed by atoms with E-state index in [0.29, 0.717) is 50.9 Å². The molecule has 7 rings (SSSR count). The fourth-order valence-corrected chi connectivity index (χ4v) is 6.99. The first-order chi connectivity index (χ1) is 22.5. The Morgan fingerprint density at radius 1 is 1.02 bits per heavy atom. The van der Waals surface area contributed by atoms with E-state index < -0.39 is 17.6 Å². The molecule has 3 heterocycles. The summed E-state index contributed by atoms with van der Waals surface area (Å²) in [6.07, 6.45) is -0.560. The Kier molecular flexibility index (Phi) is 7.53. The molecule has 1 aliphatic rings. The zero-order valence-electron chi connectivity index (χ0n) is 25.6. The predicted molar refractivity (Wildman–Crippen MR) is 184 cm³/mol. The van der Waals surface area contributed by atoms with Crippen LogP contribution in [0, 0.1) is 0 Å². The van der Waals surface area contributed by atoms with Gasteiger partial charge < -0.3 is 24.5 Å². The number of carbonyl (C=O) groups excluding carboxylic acids is 3. The molecule has 1 aliphatic heterocycles. The third kappa shape index (κ3) is 5.84. The molecule has 0 fully saturated rings. The van der Waals surface area contributed by atoms with E-state index in [1.54, 1.807) is 63.2 Å². The topological polar surface area (TPSA) is 134 Å². The van der Waals surface area contributed by atoms with Crippen LogP contribution in [0.4, 0.5) is 21.9 Å². The van der Waals surface area contributed by atoms with Crippen LogP contribution in [0.25, 0.3) is 32.0 Å². The van der Waals surface area contributed by atoms with E-state index in [9.17, 15) is 19.5 Å². The number of nitrogens with one attached hydrogen (secondary N) is 2. The normalized spacial score (nSPS) is 14.5. The van der Waals surface area contributed by atoms with Crippen molar-refractivity contribution in [3.63, 3.8) is 0 Å². The summed E-state index contributed by atoms with van der Waals surface area (Å²) in [5, 5.41) is 18.7. The number of alkyl halides is 1. The molecule has 0 bridgehead atoms. The van der Waals surface area contributed by atoms with Gasteiger partial charge in [-0.3, -0.25) is 14.9 Å². The van der Waals surface area contributed by atoms with Gasteiger partial charge in [0.25, 0.3) is 11.8 Å². The number of halogens is 1. The maximum atomic E-state index is 13.7. The van der Waals surface area contributed by atoms with Crippen molar-refractivity contribution in [2.24, 2.45) is 0 Å². The van der Waals surface area contributed by atoms with Crippen molar-refractivity contribution >= 4 is 89.9 Å². The van der Waals surface area contributed by atoms with Gasteiger partial charge in [0.05, 0.1) is 10.6 Å². The lowest BCUT2D eigenvalue weighted by atomic mass is 9.95. The molecule has 47 heavy (non-hydrogen) atoms. The van der Waals surface area contributed by atoms with Crippen molar-refractivity contribution < 1.29 is 28.6 Å². The number of carbonyl (C=O) groups is 3. The number of phenolic OH excluding ortho intramolecular Hbond substituents is 1. The number of hydrogen-bond acceptors (Lipinski definition) is 8. The molecule has 12 heteroatoms. The number of benzene rings is 4. The van der Waals surface area contributed by atoms with E-state index in [2.05, 4.69) is 15.6 Å². The molecule has 2 aromatic heterocycles. The highest BCUT2D eigenvalue weighted by Crippen LogP contribution is 2.45. The number of amides is 3. The summed E-state index contributed by atoms with van der Waals surface area (Å²) in [4.78, 5) is 45.5. The maximum Gasteiger partial charge on any atom is 0.412 e. The summed E-state index contributed by atoms with van der Waals surface area (Å²) in [5.41, 5.74) is 2.65. The van der Waals surface area contributed by atoms with Crippen molar-refractivity contribution in [2.75, 3.05) is 28.0 Å². The lowest BCUT2D eigenvalue weighted by molar-refractivity contribution is 0.0635. The fraction of sp³-hybridized carbons (Fsp3) is 0.200. The van der Waals surface area contributed by atoms with Gasteiger partial charge in [0.2, 0.25) is 0 Å².